The summed E-state index contributed by atoms with van der Waals surface area (Å²) in [7, 11) is 4.05. The summed E-state index contributed by atoms with van der Waals surface area (Å²) >= 11 is 1.70. The number of rotatable bonds is 9. The van der Waals surface area contributed by atoms with Crippen molar-refractivity contribution < 1.29 is 9.53 Å². The molecule has 31 heavy (non-hydrogen) atoms. The van der Waals surface area contributed by atoms with Crippen LogP contribution >= 0.6 is 11.3 Å². The zero-order chi connectivity index (χ0) is 21.6. The van der Waals surface area contributed by atoms with Crippen LogP contribution in [0.25, 0.3) is 11.0 Å². The van der Waals surface area contributed by atoms with Crippen molar-refractivity contribution in [3.8, 4) is 5.75 Å². The van der Waals surface area contributed by atoms with E-state index in [1.807, 2.05) is 79.3 Å². The van der Waals surface area contributed by atoms with E-state index in [-0.39, 0.29) is 18.5 Å². The van der Waals surface area contributed by atoms with Crippen molar-refractivity contribution in [2.45, 2.75) is 19.2 Å². The van der Waals surface area contributed by atoms with Crippen molar-refractivity contribution in [1.82, 2.24) is 19.8 Å². The van der Waals surface area contributed by atoms with Crippen LogP contribution in [0.15, 0.2) is 72.1 Å². The summed E-state index contributed by atoms with van der Waals surface area (Å²) in [5.41, 5.74) is 1.78. The maximum absolute atomic E-state index is 12.9. The molecule has 2 aromatic heterocycles. The lowest BCUT2D eigenvalue weighted by Gasteiger charge is -2.23. The van der Waals surface area contributed by atoms with Crippen LogP contribution in [-0.4, -0.2) is 41.0 Å². The number of likely N-dealkylation sites (N-methyl/N-ethyl adjacent to an activating group) is 1. The number of hydrogen-bond donors (Lipinski definition) is 1. The Morgan fingerprint density at radius 3 is 2.61 bits per heavy atom. The predicted molar refractivity (Wildman–Crippen MR) is 124 cm³/mol. The number of hydrogen-bond acceptors (Lipinski definition) is 5. The average Bonchev–Trinajstić information content (AvgIpc) is 3.42. The van der Waals surface area contributed by atoms with Crippen molar-refractivity contribution in [2.75, 3.05) is 20.6 Å². The molecule has 4 aromatic rings. The van der Waals surface area contributed by atoms with Crippen molar-refractivity contribution in [1.29, 1.82) is 0 Å². The fraction of sp³-hybridized carbons (Fsp3) is 0.250. The minimum Gasteiger partial charge on any atom is -0.486 e. The van der Waals surface area contributed by atoms with E-state index in [0.29, 0.717) is 13.2 Å². The first-order valence-electron chi connectivity index (χ1n) is 10.2. The van der Waals surface area contributed by atoms with E-state index >= 15 is 0 Å². The molecule has 160 valence electrons. The second-order valence-corrected chi connectivity index (χ2v) is 8.48. The fourth-order valence-corrected chi connectivity index (χ4v) is 4.43. The maximum atomic E-state index is 12.9. The lowest BCUT2D eigenvalue weighted by Crippen LogP contribution is -2.36. The Morgan fingerprint density at radius 1 is 1.10 bits per heavy atom. The van der Waals surface area contributed by atoms with E-state index in [1.54, 1.807) is 11.3 Å². The lowest BCUT2D eigenvalue weighted by molar-refractivity contribution is -0.121. The van der Waals surface area contributed by atoms with E-state index in [0.717, 1.165) is 22.6 Å². The average molecular weight is 435 g/mol. The molecule has 0 bridgehead atoms. The summed E-state index contributed by atoms with van der Waals surface area (Å²) in [6, 6.07) is 21.7. The number of para-hydroxylation sites is 3. The number of nitrogens with one attached hydrogen (secondary N) is 1. The SMILES string of the molecule is CN(C)C(CNC(=O)Cn1c(COc2ccccc2)nc2ccccc21)c1cccs1. The molecule has 1 unspecified atom stereocenters. The molecule has 4 rings (SSSR count). The van der Waals surface area contributed by atoms with E-state index in [9.17, 15) is 4.79 Å². The quantitative estimate of drug-likeness (QED) is 0.431. The van der Waals surface area contributed by atoms with Crippen LogP contribution in [0.3, 0.4) is 0 Å². The highest BCUT2D eigenvalue weighted by Crippen LogP contribution is 2.22. The van der Waals surface area contributed by atoms with Crippen LogP contribution in [0.2, 0.25) is 0 Å². The van der Waals surface area contributed by atoms with Crippen molar-refractivity contribution in [3.05, 3.63) is 82.8 Å². The van der Waals surface area contributed by atoms with Gasteiger partial charge in [-0.15, -0.1) is 11.3 Å². The molecule has 6 nitrogen and oxygen atoms in total. The van der Waals surface area contributed by atoms with Crippen molar-refractivity contribution in [3.63, 3.8) is 0 Å². The van der Waals surface area contributed by atoms with Gasteiger partial charge in [0.15, 0.2) is 0 Å². The molecular formula is C24H26N4O2S. The van der Waals surface area contributed by atoms with Crippen LogP contribution in [0.1, 0.15) is 16.7 Å². The van der Waals surface area contributed by atoms with Crippen LogP contribution in [-0.2, 0) is 17.9 Å². The first kappa shape index (κ1) is 21.1. The second-order valence-electron chi connectivity index (χ2n) is 7.50. The fourth-order valence-electron chi connectivity index (χ4n) is 3.51. The summed E-state index contributed by atoms with van der Waals surface area (Å²) < 4.78 is 7.84. The van der Waals surface area contributed by atoms with Gasteiger partial charge in [-0.3, -0.25) is 4.79 Å². The van der Waals surface area contributed by atoms with Gasteiger partial charge in [-0.1, -0.05) is 36.4 Å². The Balaban J connectivity index is 1.48. The van der Waals surface area contributed by atoms with E-state index in [2.05, 4.69) is 21.7 Å². The minimum absolute atomic E-state index is 0.0486. The molecule has 1 N–H and O–H groups in total. The predicted octanol–water partition coefficient (Wildman–Crippen LogP) is 4.10. The van der Waals surface area contributed by atoms with Gasteiger partial charge in [0.25, 0.3) is 0 Å². The maximum Gasteiger partial charge on any atom is 0.240 e. The number of thiophene rings is 1. The molecular weight excluding hydrogens is 408 g/mol. The molecule has 1 amide bonds. The van der Waals surface area contributed by atoms with Crippen molar-refractivity contribution in [2.24, 2.45) is 0 Å². The second kappa shape index (κ2) is 9.76. The normalized spacial score (nSPS) is 12.2. The number of amides is 1. The number of benzene rings is 2. The largest absolute Gasteiger partial charge is 0.486 e. The summed E-state index contributed by atoms with van der Waals surface area (Å²) in [6.07, 6.45) is 0. The molecule has 0 fully saturated rings. The lowest BCUT2D eigenvalue weighted by atomic mass is 10.2. The number of imidazole rings is 1. The van der Waals surface area contributed by atoms with Gasteiger partial charge in [0.05, 0.1) is 17.1 Å². The summed E-state index contributed by atoms with van der Waals surface area (Å²) in [6.45, 7) is 1.04. The monoisotopic (exact) mass is 434 g/mol. The number of carbonyl (C=O) groups excluding carboxylic acids is 1. The molecule has 0 aliphatic carbocycles. The van der Waals surface area contributed by atoms with Crippen molar-refractivity contribution >= 4 is 28.3 Å². The highest BCUT2D eigenvalue weighted by atomic mass is 32.1. The molecule has 0 saturated carbocycles. The van der Waals surface area contributed by atoms with Gasteiger partial charge in [-0.25, -0.2) is 4.98 Å². The molecule has 2 aromatic carbocycles. The molecule has 1 atom stereocenters. The summed E-state index contributed by atoms with van der Waals surface area (Å²) in [5.74, 6) is 1.45. The number of ether oxygens (including phenoxy) is 1. The van der Waals surface area contributed by atoms with Gasteiger partial charge in [0, 0.05) is 11.4 Å². The van der Waals surface area contributed by atoms with E-state index in [1.165, 1.54) is 4.88 Å². The third kappa shape index (κ3) is 5.13. The Labute approximate surface area is 186 Å². The van der Waals surface area contributed by atoms with Gasteiger partial charge >= 0.3 is 0 Å². The molecule has 2 heterocycles. The topological polar surface area (TPSA) is 59.4 Å². The van der Waals surface area contributed by atoms with E-state index < -0.39 is 0 Å². The molecule has 0 aliphatic heterocycles. The molecule has 7 heteroatoms. The van der Waals surface area contributed by atoms with Gasteiger partial charge in [-0.05, 0) is 49.8 Å². The minimum atomic E-state index is -0.0486. The molecule has 0 spiro atoms. The highest BCUT2D eigenvalue weighted by Gasteiger charge is 2.18. The number of nitrogens with zero attached hydrogens (tertiary/aromatic N) is 3. The van der Waals surface area contributed by atoms with E-state index in [4.69, 9.17) is 9.72 Å². The van der Waals surface area contributed by atoms with Crippen LogP contribution < -0.4 is 10.1 Å². The highest BCUT2D eigenvalue weighted by molar-refractivity contribution is 7.10. The Bertz CT molecular complexity index is 1120. The van der Waals surface area contributed by atoms with Gasteiger partial charge < -0.3 is 19.5 Å². The first-order valence-corrected chi connectivity index (χ1v) is 11.1. The smallest absolute Gasteiger partial charge is 0.240 e. The summed E-state index contributed by atoms with van der Waals surface area (Å²) in [5, 5.41) is 5.15. The van der Waals surface area contributed by atoms with Gasteiger partial charge in [-0.2, -0.15) is 0 Å². The van der Waals surface area contributed by atoms with Crippen LogP contribution in [0.4, 0.5) is 0 Å². The number of carbonyl (C=O) groups is 1. The molecule has 0 saturated heterocycles. The van der Waals surface area contributed by atoms with Gasteiger partial charge in [0.2, 0.25) is 5.91 Å². The Kier molecular flexibility index (Phi) is 6.64. The number of fused-ring (bicyclic) bond motifs is 1. The zero-order valence-corrected chi connectivity index (χ0v) is 18.5. The Hall–Kier alpha value is -3.16. The summed E-state index contributed by atoms with van der Waals surface area (Å²) in [4.78, 5) is 20.9. The Morgan fingerprint density at radius 2 is 1.87 bits per heavy atom. The number of aromatic nitrogens is 2. The third-order valence-electron chi connectivity index (χ3n) is 5.13. The first-order chi connectivity index (χ1) is 15.1. The standard InChI is InChI=1S/C24H26N4O2S/c1-27(2)21(22-13-8-14-31-22)15-25-24(29)16-28-20-12-7-6-11-19(20)26-23(28)17-30-18-9-4-3-5-10-18/h3-14,21H,15-17H2,1-2H3,(H,25,29). The zero-order valence-electron chi connectivity index (χ0n) is 17.7. The van der Waals surface area contributed by atoms with Crippen LogP contribution in [0, 0.1) is 0 Å². The molecule has 0 radical (unpaired) electrons. The van der Waals surface area contributed by atoms with Gasteiger partial charge in [0.1, 0.15) is 24.7 Å². The van der Waals surface area contributed by atoms with Crippen LogP contribution in [0.5, 0.6) is 5.75 Å². The third-order valence-corrected chi connectivity index (χ3v) is 6.11. The molecule has 0 aliphatic rings.